The lowest BCUT2D eigenvalue weighted by atomic mass is 10.1. The molecule has 0 atom stereocenters. The summed E-state index contributed by atoms with van der Waals surface area (Å²) in [7, 11) is -3.39. The molecule has 0 spiro atoms. The molecule has 144 valence electrons. The zero-order chi connectivity index (χ0) is 19.8. The van der Waals surface area contributed by atoms with Crippen LogP contribution in [0.1, 0.15) is 22.8 Å². The summed E-state index contributed by atoms with van der Waals surface area (Å²) in [6.07, 6.45) is 1.20. The van der Waals surface area contributed by atoms with Crippen molar-refractivity contribution < 1.29 is 13.2 Å². The second-order valence-electron chi connectivity index (χ2n) is 6.92. The molecule has 5 nitrogen and oxygen atoms in total. The fourth-order valence-electron chi connectivity index (χ4n) is 3.41. The van der Waals surface area contributed by atoms with Crippen LogP contribution in [0, 0.1) is 6.92 Å². The molecule has 27 heavy (non-hydrogen) atoms. The number of aryl methyl sites for hydroxylation is 1. The molecule has 2 aromatic carbocycles. The number of carbonyl (C=O) groups excluding carboxylic acids is 1. The summed E-state index contributed by atoms with van der Waals surface area (Å²) in [5.41, 5.74) is 3.38. The lowest BCUT2D eigenvalue weighted by Crippen LogP contribution is -2.47. The van der Waals surface area contributed by atoms with Crippen molar-refractivity contribution in [3.05, 3.63) is 52.5 Å². The molecule has 0 amide bonds. The quantitative estimate of drug-likeness (QED) is 0.726. The summed E-state index contributed by atoms with van der Waals surface area (Å²) in [4.78, 5) is 16.3. The number of nitrogens with zero attached hydrogens (tertiary/aromatic N) is 2. The van der Waals surface area contributed by atoms with E-state index < -0.39 is 9.84 Å². The first kappa shape index (κ1) is 19.7. The molecule has 3 rings (SSSR count). The number of rotatable bonds is 4. The van der Waals surface area contributed by atoms with E-state index in [4.69, 9.17) is 11.6 Å². The zero-order valence-electron chi connectivity index (χ0n) is 15.7. The number of Topliss-reactive ketones (excluding diaryl/α,β-unsaturated/α-hetero) is 1. The van der Waals surface area contributed by atoms with Gasteiger partial charge in [-0.15, -0.1) is 0 Å². The van der Waals surface area contributed by atoms with Crippen molar-refractivity contribution in [1.82, 2.24) is 0 Å². The van der Waals surface area contributed by atoms with Crippen molar-refractivity contribution in [3.8, 4) is 0 Å². The summed E-state index contributed by atoms with van der Waals surface area (Å²) in [5.74, 6) is -0.0792. The molecule has 1 aliphatic heterocycles. The van der Waals surface area contributed by atoms with Gasteiger partial charge in [-0.2, -0.15) is 0 Å². The minimum absolute atomic E-state index is 0.0792. The van der Waals surface area contributed by atoms with Crippen LogP contribution in [-0.4, -0.2) is 46.6 Å². The Hall–Kier alpha value is -2.05. The molecule has 0 aliphatic carbocycles. The average Bonchev–Trinajstić information content (AvgIpc) is 2.62. The Morgan fingerprint density at radius 3 is 2.11 bits per heavy atom. The molecule has 0 bridgehead atoms. The molecule has 0 N–H and O–H groups in total. The van der Waals surface area contributed by atoms with Crippen LogP contribution in [0.2, 0.25) is 5.02 Å². The van der Waals surface area contributed by atoms with Gasteiger partial charge in [0, 0.05) is 48.7 Å². The summed E-state index contributed by atoms with van der Waals surface area (Å²) in [6, 6.07) is 10.6. The lowest BCUT2D eigenvalue weighted by Gasteiger charge is -2.38. The minimum atomic E-state index is -3.39. The van der Waals surface area contributed by atoms with E-state index in [1.54, 1.807) is 12.1 Å². The van der Waals surface area contributed by atoms with Gasteiger partial charge in [0.25, 0.3) is 0 Å². The predicted molar refractivity (Wildman–Crippen MR) is 110 cm³/mol. The van der Waals surface area contributed by atoms with Crippen LogP contribution >= 0.6 is 11.6 Å². The number of piperazine rings is 1. The first-order chi connectivity index (χ1) is 12.7. The van der Waals surface area contributed by atoms with Crippen molar-refractivity contribution in [3.63, 3.8) is 0 Å². The smallest absolute Gasteiger partial charge is 0.177 e. The van der Waals surface area contributed by atoms with Crippen LogP contribution in [-0.2, 0) is 9.84 Å². The van der Waals surface area contributed by atoms with E-state index in [1.807, 2.05) is 23.1 Å². The van der Waals surface area contributed by atoms with E-state index in [0.29, 0.717) is 29.4 Å². The topological polar surface area (TPSA) is 57.7 Å². The van der Waals surface area contributed by atoms with Crippen molar-refractivity contribution in [2.75, 3.05) is 42.2 Å². The molecule has 0 saturated carbocycles. The molecule has 0 unspecified atom stereocenters. The number of benzene rings is 2. The summed E-state index contributed by atoms with van der Waals surface area (Å²) in [5, 5.41) is 0.701. The Kier molecular flexibility index (Phi) is 5.49. The third-order valence-corrected chi connectivity index (χ3v) is 6.28. The third-order valence-electron chi connectivity index (χ3n) is 4.90. The van der Waals surface area contributed by atoms with Crippen LogP contribution in [0.3, 0.4) is 0 Å². The number of ketones is 1. The molecule has 1 saturated heterocycles. The van der Waals surface area contributed by atoms with Gasteiger partial charge in [-0.3, -0.25) is 4.79 Å². The number of halogens is 1. The summed E-state index contributed by atoms with van der Waals surface area (Å²) in [6.45, 7) is 6.35. The standard InChI is InChI=1S/C20H23ClN2O3S/c1-14-4-6-17(21)13-18(14)22-8-10-23(11-9-22)19-12-16(15(2)24)5-7-20(19)27(3,25)26/h4-7,12-13H,8-11H2,1-3H3. The predicted octanol–water partition coefficient (Wildman–Crippen LogP) is 3.58. The Labute approximate surface area is 165 Å². The highest BCUT2D eigenvalue weighted by Gasteiger charge is 2.24. The van der Waals surface area contributed by atoms with Gasteiger partial charge in [0.2, 0.25) is 0 Å². The molecule has 0 aromatic heterocycles. The maximum Gasteiger partial charge on any atom is 0.177 e. The molecule has 1 heterocycles. The highest BCUT2D eigenvalue weighted by Crippen LogP contribution is 2.30. The Bertz CT molecular complexity index is 981. The van der Waals surface area contributed by atoms with E-state index >= 15 is 0 Å². The number of hydrogen-bond acceptors (Lipinski definition) is 5. The SMILES string of the molecule is CC(=O)c1ccc(S(C)(=O)=O)c(N2CCN(c3cc(Cl)ccc3C)CC2)c1. The number of carbonyl (C=O) groups is 1. The fourth-order valence-corrected chi connectivity index (χ4v) is 4.46. The van der Waals surface area contributed by atoms with Crippen LogP contribution in [0.5, 0.6) is 0 Å². The maximum atomic E-state index is 12.2. The average molecular weight is 407 g/mol. The number of hydrogen-bond donors (Lipinski definition) is 0. The second kappa shape index (κ2) is 7.52. The van der Waals surface area contributed by atoms with Crippen LogP contribution in [0.15, 0.2) is 41.3 Å². The van der Waals surface area contributed by atoms with Gasteiger partial charge in [-0.1, -0.05) is 17.7 Å². The Balaban J connectivity index is 1.88. The number of sulfone groups is 1. The summed E-state index contributed by atoms with van der Waals surface area (Å²) < 4.78 is 24.4. The highest BCUT2D eigenvalue weighted by molar-refractivity contribution is 7.90. The molecule has 7 heteroatoms. The largest absolute Gasteiger partial charge is 0.368 e. The van der Waals surface area contributed by atoms with Crippen molar-refractivity contribution >= 4 is 38.6 Å². The van der Waals surface area contributed by atoms with E-state index in [2.05, 4.69) is 11.8 Å². The van der Waals surface area contributed by atoms with Crippen molar-refractivity contribution in [2.24, 2.45) is 0 Å². The van der Waals surface area contributed by atoms with Crippen molar-refractivity contribution in [1.29, 1.82) is 0 Å². The number of anilines is 2. The van der Waals surface area contributed by atoms with Crippen LogP contribution in [0.25, 0.3) is 0 Å². The van der Waals surface area contributed by atoms with Gasteiger partial charge in [0.15, 0.2) is 15.6 Å². The molecule has 2 aromatic rings. The fraction of sp³-hybridized carbons (Fsp3) is 0.350. The molecule has 1 aliphatic rings. The van der Waals surface area contributed by atoms with Gasteiger partial charge in [-0.05, 0) is 49.7 Å². The van der Waals surface area contributed by atoms with E-state index in [1.165, 1.54) is 19.2 Å². The Morgan fingerprint density at radius 1 is 0.963 bits per heavy atom. The lowest BCUT2D eigenvalue weighted by molar-refractivity contribution is 0.101. The zero-order valence-corrected chi connectivity index (χ0v) is 17.3. The normalized spacial score (nSPS) is 15.1. The molecular formula is C20H23ClN2O3S. The molecular weight excluding hydrogens is 384 g/mol. The van der Waals surface area contributed by atoms with Gasteiger partial charge in [0.1, 0.15) is 0 Å². The minimum Gasteiger partial charge on any atom is -0.368 e. The molecule has 0 radical (unpaired) electrons. The highest BCUT2D eigenvalue weighted by atomic mass is 35.5. The van der Waals surface area contributed by atoms with Gasteiger partial charge in [0.05, 0.1) is 10.6 Å². The van der Waals surface area contributed by atoms with E-state index in [9.17, 15) is 13.2 Å². The first-order valence-corrected chi connectivity index (χ1v) is 11.0. The Morgan fingerprint density at radius 2 is 1.56 bits per heavy atom. The van der Waals surface area contributed by atoms with Gasteiger partial charge < -0.3 is 9.80 Å². The van der Waals surface area contributed by atoms with Gasteiger partial charge in [-0.25, -0.2) is 8.42 Å². The molecule has 1 fully saturated rings. The van der Waals surface area contributed by atoms with E-state index in [0.717, 1.165) is 24.3 Å². The van der Waals surface area contributed by atoms with Crippen LogP contribution < -0.4 is 9.80 Å². The maximum absolute atomic E-state index is 12.2. The monoisotopic (exact) mass is 406 g/mol. The second-order valence-corrected chi connectivity index (χ2v) is 9.34. The third kappa shape index (κ3) is 4.28. The van der Waals surface area contributed by atoms with Crippen molar-refractivity contribution in [2.45, 2.75) is 18.7 Å². The van der Waals surface area contributed by atoms with E-state index in [-0.39, 0.29) is 10.7 Å². The van der Waals surface area contributed by atoms with Crippen LogP contribution in [0.4, 0.5) is 11.4 Å². The van der Waals surface area contributed by atoms with Gasteiger partial charge >= 0.3 is 0 Å². The first-order valence-electron chi connectivity index (χ1n) is 8.78. The summed E-state index contributed by atoms with van der Waals surface area (Å²) >= 11 is 6.14.